The fraction of sp³-hybridized carbons (Fsp3) is 0.304. The number of halogens is 4. The lowest BCUT2D eigenvalue weighted by molar-refractivity contribution is -0.154. The van der Waals surface area contributed by atoms with Gasteiger partial charge in [-0.2, -0.15) is 28.1 Å². The van der Waals surface area contributed by atoms with Crippen molar-refractivity contribution in [3.8, 4) is 11.8 Å². The molecule has 1 atom stereocenters. The van der Waals surface area contributed by atoms with Gasteiger partial charge < -0.3 is 25.2 Å². The van der Waals surface area contributed by atoms with Gasteiger partial charge in [0.15, 0.2) is 6.61 Å². The molecule has 1 aromatic heterocycles. The SMILES string of the molecule is CC(CBr)COc1ccc(CNc2nc(Nc3ccc(C(=O)O)cc3)nc(OCC(F)(F)F)n2)cc1. The highest BCUT2D eigenvalue weighted by Gasteiger charge is 2.29. The number of benzene rings is 2. The van der Waals surface area contributed by atoms with Crippen molar-refractivity contribution >= 4 is 39.5 Å². The molecule has 0 aliphatic carbocycles. The lowest BCUT2D eigenvalue weighted by Crippen LogP contribution is -2.21. The summed E-state index contributed by atoms with van der Waals surface area (Å²) in [4.78, 5) is 23.0. The Hall–Kier alpha value is -3.61. The van der Waals surface area contributed by atoms with E-state index in [1.807, 2.05) is 24.3 Å². The van der Waals surface area contributed by atoms with Gasteiger partial charge in [-0.3, -0.25) is 0 Å². The van der Waals surface area contributed by atoms with Crippen molar-refractivity contribution < 1.29 is 32.5 Å². The molecule has 0 spiro atoms. The maximum absolute atomic E-state index is 12.6. The second-order valence-corrected chi connectivity index (χ2v) is 8.39. The van der Waals surface area contributed by atoms with E-state index in [9.17, 15) is 18.0 Å². The molecule has 1 unspecified atom stereocenters. The molecule has 36 heavy (non-hydrogen) atoms. The van der Waals surface area contributed by atoms with E-state index in [0.717, 1.165) is 16.6 Å². The monoisotopic (exact) mass is 569 g/mol. The highest BCUT2D eigenvalue weighted by Crippen LogP contribution is 2.21. The van der Waals surface area contributed by atoms with Crippen molar-refractivity contribution in [3.05, 3.63) is 59.7 Å². The van der Waals surface area contributed by atoms with Gasteiger partial charge in [-0.05, 0) is 47.9 Å². The van der Waals surface area contributed by atoms with Crippen LogP contribution in [0.15, 0.2) is 48.5 Å². The number of anilines is 3. The highest BCUT2D eigenvalue weighted by molar-refractivity contribution is 9.09. The molecule has 1 heterocycles. The van der Waals surface area contributed by atoms with Crippen molar-refractivity contribution in [1.29, 1.82) is 0 Å². The smallest absolute Gasteiger partial charge is 0.422 e. The molecule has 0 saturated heterocycles. The summed E-state index contributed by atoms with van der Waals surface area (Å²) in [6.07, 6.45) is -4.57. The molecule has 3 N–H and O–H groups in total. The third kappa shape index (κ3) is 8.87. The van der Waals surface area contributed by atoms with Crippen LogP contribution in [0.3, 0.4) is 0 Å². The third-order valence-corrected chi connectivity index (χ3v) is 5.65. The van der Waals surface area contributed by atoms with Gasteiger partial charge in [0.05, 0.1) is 12.2 Å². The van der Waals surface area contributed by atoms with Crippen LogP contribution in [0.4, 0.5) is 30.8 Å². The number of nitrogens with zero attached hydrogens (tertiary/aromatic N) is 3. The number of carboxylic acids is 1. The summed E-state index contributed by atoms with van der Waals surface area (Å²) >= 11 is 3.40. The van der Waals surface area contributed by atoms with Gasteiger partial charge in [0.2, 0.25) is 11.9 Å². The van der Waals surface area contributed by atoms with Crippen molar-refractivity contribution in [3.63, 3.8) is 0 Å². The predicted molar refractivity (Wildman–Crippen MR) is 130 cm³/mol. The standard InChI is InChI=1S/C23H23BrF3N5O4/c1-14(10-24)12-35-18-8-2-15(3-9-18)11-28-20-30-21(32-22(31-20)36-13-23(25,26)27)29-17-6-4-16(5-7-17)19(33)34/h2-9,14H,10-13H2,1H3,(H,33,34)(H2,28,29,30,31,32). The summed E-state index contributed by atoms with van der Waals surface area (Å²) in [5.41, 5.74) is 1.35. The van der Waals surface area contributed by atoms with Gasteiger partial charge in [-0.25, -0.2) is 4.79 Å². The Morgan fingerprint density at radius 2 is 1.69 bits per heavy atom. The number of hydrogen-bond acceptors (Lipinski definition) is 8. The molecule has 0 aliphatic rings. The van der Waals surface area contributed by atoms with E-state index in [1.54, 1.807) is 0 Å². The molecule has 0 aliphatic heterocycles. The topological polar surface area (TPSA) is 118 Å². The summed E-state index contributed by atoms with van der Waals surface area (Å²) in [5, 5.41) is 15.6. The maximum Gasteiger partial charge on any atom is 0.422 e. The highest BCUT2D eigenvalue weighted by atomic mass is 79.9. The molecule has 13 heteroatoms. The van der Waals surface area contributed by atoms with Gasteiger partial charge in [0, 0.05) is 17.6 Å². The molecule has 0 saturated carbocycles. The molecule has 0 fully saturated rings. The van der Waals surface area contributed by atoms with Crippen molar-refractivity contribution in [2.75, 3.05) is 29.2 Å². The van der Waals surface area contributed by atoms with Gasteiger partial charge in [0.25, 0.3) is 0 Å². The van der Waals surface area contributed by atoms with Gasteiger partial charge in [0.1, 0.15) is 5.75 Å². The molecule has 3 rings (SSSR count). The van der Waals surface area contributed by atoms with Gasteiger partial charge in [-0.15, -0.1) is 0 Å². The lowest BCUT2D eigenvalue weighted by atomic mass is 10.2. The quantitative estimate of drug-likeness (QED) is 0.250. The van der Waals surface area contributed by atoms with E-state index in [-0.39, 0.29) is 24.0 Å². The Morgan fingerprint density at radius 3 is 2.31 bits per heavy atom. The van der Waals surface area contributed by atoms with Crippen LogP contribution in [0.25, 0.3) is 0 Å². The van der Waals surface area contributed by atoms with E-state index in [2.05, 4.69) is 48.4 Å². The van der Waals surface area contributed by atoms with Crippen LogP contribution in [0, 0.1) is 5.92 Å². The number of ether oxygens (including phenoxy) is 2. The molecular formula is C23H23BrF3N5O4. The molecule has 9 nitrogen and oxygen atoms in total. The van der Waals surface area contributed by atoms with Crippen LogP contribution in [0.1, 0.15) is 22.8 Å². The minimum absolute atomic E-state index is 0.0155. The summed E-state index contributed by atoms with van der Waals surface area (Å²) in [7, 11) is 0. The van der Waals surface area contributed by atoms with Crippen LogP contribution < -0.4 is 20.1 Å². The summed E-state index contributed by atoms with van der Waals surface area (Å²) in [5.74, 6) is -0.114. The van der Waals surface area contributed by atoms with Crippen LogP contribution in [-0.4, -0.2) is 50.7 Å². The lowest BCUT2D eigenvalue weighted by Gasteiger charge is -2.13. The summed E-state index contributed by atoms with van der Waals surface area (Å²) < 4.78 is 48.3. The molecule has 3 aromatic rings. The van der Waals surface area contributed by atoms with Crippen molar-refractivity contribution in [1.82, 2.24) is 15.0 Å². The molecule has 2 aromatic carbocycles. The first-order valence-electron chi connectivity index (χ1n) is 10.7. The average Bonchev–Trinajstić information content (AvgIpc) is 2.85. The van der Waals surface area contributed by atoms with Crippen molar-refractivity contribution in [2.24, 2.45) is 5.92 Å². The first-order valence-corrected chi connectivity index (χ1v) is 11.8. The number of rotatable bonds is 12. The minimum atomic E-state index is -4.57. The maximum atomic E-state index is 12.6. The van der Waals surface area contributed by atoms with E-state index in [4.69, 9.17) is 14.6 Å². The zero-order valence-electron chi connectivity index (χ0n) is 19.1. The average molecular weight is 570 g/mol. The fourth-order valence-corrected chi connectivity index (χ4v) is 2.88. The van der Waals surface area contributed by atoms with Gasteiger partial charge >= 0.3 is 18.2 Å². The van der Waals surface area contributed by atoms with E-state index < -0.39 is 24.8 Å². The zero-order chi connectivity index (χ0) is 26.1. The number of nitrogens with one attached hydrogen (secondary N) is 2. The van der Waals surface area contributed by atoms with Crippen molar-refractivity contribution in [2.45, 2.75) is 19.6 Å². The summed E-state index contributed by atoms with van der Waals surface area (Å²) in [6.45, 7) is 1.33. The van der Waals surface area contributed by atoms with E-state index in [1.165, 1.54) is 24.3 Å². The second-order valence-electron chi connectivity index (χ2n) is 7.74. The number of aromatic carboxylic acids is 1. The molecule has 192 valence electrons. The summed E-state index contributed by atoms with van der Waals surface area (Å²) in [6, 6.07) is 12.4. The zero-order valence-corrected chi connectivity index (χ0v) is 20.6. The number of aromatic nitrogens is 3. The van der Waals surface area contributed by atoms with E-state index >= 15 is 0 Å². The van der Waals surface area contributed by atoms with Crippen LogP contribution in [0.2, 0.25) is 0 Å². The second kappa shape index (κ2) is 12.4. The first kappa shape index (κ1) is 27.0. The Morgan fingerprint density at radius 1 is 1.03 bits per heavy atom. The number of carbonyl (C=O) groups is 1. The molecular weight excluding hydrogens is 547 g/mol. The Labute approximate surface area is 213 Å². The Kier molecular flexibility index (Phi) is 9.28. The van der Waals surface area contributed by atoms with Crippen LogP contribution >= 0.6 is 15.9 Å². The Bertz CT molecular complexity index is 1150. The first-order chi connectivity index (χ1) is 17.1. The third-order valence-electron chi connectivity index (χ3n) is 4.54. The minimum Gasteiger partial charge on any atom is -0.493 e. The van der Waals surface area contributed by atoms with Gasteiger partial charge in [-0.1, -0.05) is 35.0 Å². The van der Waals surface area contributed by atoms with Crippen LogP contribution in [0.5, 0.6) is 11.8 Å². The predicted octanol–water partition coefficient (Wildman–Crippen LogP) is 5.28. The normalized spacial score (nSPS) is 12.0. The fourth-order valence-electron chi connectivity index (χ4n) is 2.70. The van der Waals surface area contributed by atoms with Crippen LogP contribution in [-0.2, 0) is 6.54 Å². The molecule has 0 radical (unpaired) electrons. The largest absolute Gasteiger partial charge is 0.493 e. The number of alkyl halides is 4. The Balaban J connectivity index is 1.71. The number of hydrogen-bond donors (Lipinski definition) is 3. The van der Waals surface area contributed by atoms with E-state index in [0.29, 0.717) is 18.2 Å². The molecule has 0 bridgehead atoms. The number of carboxylic acid groups (broad SMARTS) is 1. The molecule has 0 amide bonds.